The lowest BCUT2D eigenvalue weighted by Crippen LogP contribution is -2.50. The molecule has 0 aromatic heterocycles. The second-order valence-electron chi connectivity index (χ2n) is 4.17. The summed E-state index contributed by atoms with van der Waals surface area (Å²) >= 11 is 0. The van der Waals surface area contributed by atoms with Crippen molar-refractivity contribution in [2.75, 3.05) is 6.61 Å². The van der Waals surface area contributed by atoms with E-state index in [4.69, 9.17) is 9.84 Å². The lowest BCUT2D eigenvalue weighted by molar-refractivity contribution is -0.174. The fourth-order valence-electron chi connectivity index (χ4n) is 2.41. The van der Waals surface area contributed by atoms with E-state index in [1.807, 2.05) is 0 Å². The lowest BCUT2D eigenvalue weighted by atomic mass is 9.63. The number of hydrogen-bond acceptors (Lipinski definition) is 2. The molecule has 2 rings (SSSR count). The summed E-state index contributed by atoms with van der Waals surface area (Å²) in [4.78, 5) is 11.1. The monoisotopic (exact) mass is 184 g/mol. The third kappa shape index (κ3) is 1.35. The first kappa shape index (κ1) is 9.00. The number of rotatable bonds is 2. The zero-order valence-electron chi connectivity index (χ0n) is 7.79. The maximum Gasteiger partial charge on any atom is 0.312 e. The van der Waals surface area contributed by atoms with Gasteiger partial charge in [-0.05, 0) is 32.1 Å². The van der Waals surface area contributed by atoms with Crippen LogP contribution < -0.4 is 0 Å². The quantitative estimate of drug-likeness (QED) is 0.712. The van der Waals surface area contributed by atoms with E-state index in [1.54, 1.807) is 0 Å². The molecule has 0 bridgehead atoms. The standard InChI is InChI=1S/C10H16O3/c11-9(12)10(5-3-6-10)8-4-1-2-7-13-8/h8H,1-7H2,(H,11,12). The summed E-state index contributed by atoms with van der Waals surface area (Å²) in [5, 5.41) is 9.16. The van der Waals surface area contributed by atoms with Gasteiger partial charge < -0.3 is 9.84 Å². The van der Waals surface area contributed by atoms with Gasteiger partial charge in [0.05, 0.1) is 11.5 Å². The molecule has 2 fully saturated rings. The maximum absolute atomic E-state index is 11.1. The highest BCUT2D eigenvalue weighted by Gasteiger charge is 2.51. The van der Waals surface area contributed by atoms with Crippen molar-refractivity contribution in [3.8, 4) is 0 Å². The van der Waals surface area contributed by atoms with Crippen molar-refractivity contribution < 1.29 is 14.6 Å². The molecule has 0 amide bonds. The minimum Gasteiger partial charge on any atom is -0.481 e. The predicted octanol–water partition coefficient (Wildman–Crippen LogP) is 1.81. The van der Waals surface area contributed by atoms with Crippen LogP contribution in [0.4, 0.5) is 0 Å². The van der Waals surface area contributed by atoms with Crippen LogP contribution in [0.15, 0.2) is 0 Å². The van der Waals surface area contributed by atoms with Crippen molar-refractivity contribution in [3.05, 3.63) is 0 Å². The lowest BCUT2D eigenvalue weighted by Gasteiger charge is -2.45. The van der Waals surface area contributed by atoms with Gasteiger partial charge in [0.25, 0.3) is 0 Å². The van der Waals surface area contributed by atoms with E-state index < -0.39 is 11.4 Å². The number of ether oxygens (including phenoxy) is 1. The van der Waals surface area contributed by atoms with Crippen LogP contribution in [0.5, 0.6) is 0 Å². The normalized spacial score (nSPS) is 32.2. The van der Waals surface area contributed by atoms with E-state index in [9.17, 15) is 4.79 Å². The average Bonchev–Trinajstić information content (AvgIpc) is 2.03. The molecule has 3 heteroatoms. The minimum absolute atomic E-state index is 0.00694. The summed E-state index contributed by atoms with van der Waals surface area (Å²) < 4.78 is 5.57. The molecular formula is C10H16O3. The van der Waals surface area contributed by atoms with Gasteiger partial charge >= 0.3 is 5.97 Å². The second-order valence-corrected chi connectivity index (χ2v) is 4.17. The van der Waals surface area contributed by atoms with Crippen LogP contribution in [0.1, 0.15) is 38.5 Å². The van der Waals surface area contributed by atoms with Gasteiger partial charge in [0.2, 0.25) is 0 Å². The molecule has 0 aromatic rings. The SMILES string of the molecule is O=C(O)C1(C2CCCCO2)CCC1. The molecule has 0 spiro atoms. The Labute approximate surface area is 78.1 Å². The van der Waals surface area contributed by atoms with Gasteiger partial charge in [0.1, 0.15) is 0 Å². The number of carbonyl (C=O) groups is 1. The van der Waals surface area contributed by atoms with E-state index in [0.29, 0.717) is 0 Å². The van der Waals surface area contributed by atoms with Crippen molar-refractivity contribution in [1.82, 2.24) is 0 Å². The molecule has 1 aliphatic heterocycles. The molecule has 0 aromatic carbocycles. The van der Waals surface area contributed by atoms with E-state index in [2.05, 4.69) is 0 Å². The summed E-state index contributed by atoms with van der Waals surface area (Å²) in [6.45, 7) is 0.750. The van der Waals surface area contributed by atoms with E-state index in [0.717, 1.165) is 45.1 Å². The second kappa shape index (κ2) is 3.29. The Morgan fingerprint density at radius 1 is 1.31 bits per heavy atom. The number of carboxylic acid groups (broad SMARTS) is 1. The summed E-state index contributed by atoms with van der Waals surface area (Å²) in [6, 6.07) is 0. The van der Waals surface area contributed by atoms with Gasteiger partial charge in [0.15, 0.2) is 0 Å². The molecule has 1 heterocycles. The molecule has 1 saturated carbocycles. The zero-order valence-corrected chi connectivity index (χ0v) is 7.79. The highest BCUT2D eigenvalue weighted by Crippen LogP contribution is 2.47. The maximum atomic E-state index is 11.1. The summed E-state index contributed by atoms with van der Waals surface area (Å²) in [6.07, 6.45) is 5.82. The van der Waals surface area contributed by atoms with Gasteiger partial charge in [0, 0.05) is 6.61 Å². The predicted molar refractivity (Wildman–Crippen MR) is 47.5 cm³/mol. The van der Waals surface area contributed by atoms with Gasteiger partial charge in [-0.15, -0.1) is 0 Å². The molecule has 3 nitrogen and oxygen atoms in total. The van der Waals surface area contributed by atoms with Gasteiger partial charge in [-0.3, -0.25) is 4.79 Å². The van der Waals surface area contributed by atoms with Crippen molar-refractivity contribution >= 4 is 5.97 Å². The van der Waals surface area contributed by atoms with Crippen molar-refractivity contribution in [1.29, 1.82) is 0 Å². The van der Waals surface area contributed by atoms with Gasteiger partial charge in [-0.1, -0.05) is 6.42 Å². The molecule has 1 atom stereocenters. The molecule has 2 aliphatic rings. The summed E-state index contributed by atoms with van der Waals surface area (Å²) in [7, 11) is 0. The van der Waals surface area contributed by atoms with Crippen molar-refractivity contribution in [3.63, 3.8) is 0 Å². The molecule has 74 valence electrons. The Morgan fingerprint density at radius 2 is 2.08 bits per heavy atom. The summed E-state index contributed by atoms with van der Waals surface area (Å²) in [5.74, 6) is -0.648. The number of hydrogen-bond donors (Lipinski definition) is 1. The fourth-order valence-corrected chi connectivity index (χ4v) is 2.41. The van der Waals surface area contributed by atoms with Crippen LogP contribution in [0, 0.1) is 5.41 Å². The van der Waals surface area contributed by atoms with Crippen molar-refractivity contribution in [2.24, 2.45) is 5.41 Å². The molecule has 13 heavy (non-hydrogen) atoms. The summed E-state index contributed by atoms with van der Waals surface area (Å²) in [5.41, 5.74) is -0.513. The largest absolute Gasteiger partial charge is 0.481 e. The highest BCUT2D eigenvalue weighted by atomic mass is 16.5. The first-order chi connectivity index (χ1) is 6.26. The molecule has 1 aliphatic carbocycles. The van der Waals surface area contributed by atoms with Crippen molar-refractivity contribution in [2.45, 2.75) is 44.6 Å². The van der Waals surface area contributed by atoms with Crippen LogP contribution in [0.25, 0.3) is 0 Å². The Morgan fingerprint density at radius 3 is 2.46 bits per heavy atom. The van der Waals surface area contributed by atoms with E-state index in [1.165, 1.54) is 0 Å². The topological polar surface area (TPSA) is 46.5 Å². The van der Waals surface area contributed by atoms with E-state index in [-0.39, 0.29) is 6.10 Å². The molecular weight excluding hydrogens is 168 g/mol. The van der Waals surface area contributed by atoms with Gasteiger partial charge in [-0.25, -0.2) is 0 Å². The Balaban J connectivity index is 2.06. The fraction of sp³-hybridized carbons (Fsp3) is 0.900. The molecule has 1 saturated heterocycles. The average molecular weight is 184 g/mol. The van der Waals surface area contributed by atoms with Crippen LogP contribution in [0.3, 0.4) is 0 Å². The van der Waals surface area contributed by atoms with Gasteiger partial charge in [-0.2, -0.15) is 0 Å². The minimum atomic E-state index is -0.648. The first-order valence-corrected chi connectivity index (χ1v) is 5.11. The number of carboxylic acids is 1. The Hall–Kier alpha value is -0.570. The Kier molecular flexibility index (Phi) is 2.28. The highest BCUT2D eigenvalue weighted by molar-refractivity contribution is 5.76. The zero-order chi connectivity index (χ0) is 9.31. The van der Waals surface area contributed by atoms with E-state index >= 15 is 0 Å². The third-order valence-corrected chi connectivity index (χ3v) is 3.47. The molecule has 1 N–H and O–H groups in total. The van der Waals surface area contributed by atoms with Crippen LogP contribution in [0.2, 0.25) is 0 Å². The van der Waals surface area contributed by atoms with Crippen LogP contribution >= 0.6 is 0 Å². The first-order valence-electron chi connectivity index (χ1n) is 5.11. The third-order valence-electron chi connectivity index (χ3n) is 3.47. The van der Waals surface area contributed by atoms with Crippen LogP contribution in [-0.4, -0.2) is 23.8 Å². The molecule has 0 radical (unpaired) electrons. The smallest absolute Gasteiger partial charge is 0.312 e. The van der Waals surface area contributed by atoms with Crippen LogP contribution in [-0.2, 0) is 9.53 Å². The number of aliphatic carboxylic acids is 1. The Bertz CT molecular complexity index is 202. The molecule has 1 unspecified atom stereocenters.